The summed E-state index contributed by atoms with van der Waals surface area (Å²) in [5, 5.41) is 4.30. The normalized spacial score (nSPS) is 26.6. The molecule has 0 unspecified atom stereocenters. The smallest absolute Gasteiger partial charge is 0.239 e. The summed E-state index contributed by atoms with van der Waals surface area (Å²) in [7, 11) is 0. The Morgan fingerprint density at radius 2 is 2.10 bits per heavy atom. The lowest BCUT2D eigenvalue weighted by molar-refractivity contribution is -0.121. The van der Waals surface area contributed by atoms with Crippen LogP contribution in [0.3, 0.4) is 0 Å². The third kappa shape index (κ3) is 2.37. The maximum atomic E-state index is 12.2. The second-order valence-electron chi connectivity index (χ2n) is 6.35. The molecule has 1 fully saturated rings. The van der Waals surface area contributed by atoms with E-state index in [1.165, 1.54) is 18.2 Å². The summed E-state index contributed by atoms with van der Waals surface area (Å²) in [6.45, 7) is 1.23. The first kappa shape index (κ1) is 12.7. The lowest BCUT2D eigenvalue weighted by Crippen LogP contribution is -2.33. The Balaban J connectivity index is 1.37. The molecule has 3 atom stereocenters. The number of hydrogen-bond acceptors (Lipinski definition) is 1. The largest absolute Gasteiger partial charge is 0.354 e. The van der Waals surface area contributed by atoms with E-state index in [4.69, 9.17) is 0 Å². The fourth-order valence-corrected chi connectivity index (χ4v) is 3.86. The molecule has 3 heteroatoms. The molecule has 0 saturated heterocycles. The van der Waals surface area contributed by atoms with E-state index in [1.54, 1.807) is 0 Å². The summed E-state index contributed by atoms with van der Waals surface area (Å²) < 4.78 is 2.02. The van der Waals surface area contributed by atoms with Gasteiger partial charge in [0.15, 0.2) is 0 Å². The van der Waals surface area contributed by atoms with Crippen molar-refractivity contribution in [2.75, 3.05) is 6.54 Å². The Morgan fingerprint density at radius 1 is 1.19 bits per heavy atom. The van der Waals surface area contributed by atoms with Crippen molar-refractivity contribution in [2.45, 2.75) is 19.4 Å². The molecule has 2 aromatic rings. The molecule has 3 nitrogen and oxygen atoms in total. The highest BCUT2D eigenvalue weighted by Crippen LogP contribution is 2.42. The number of carbonyl (C=O) groups excluding carboxylic acids is 1. The van der Waals surface area contributed by atoms with E-state index < -0.39 is 0 Å². The van der Waals surface area contributed by atoms with Crippen molar-refractivity contribution < 1.29 is 4.79 Å². The van der Waals surface area contributed by atoms with Gasteiger partial charge in [0.25, 0.3) is 0 Å². The molecule has 1 N–H and O–H groups in total. The SMILES string of the molecule is O=C(Cn1ccc2ccccc21)NC[C@@H]1C[C@H]2C=C[C@H]1C2. The number of hydrogen-bond donors (Lipinski definition) is 1. The first-order valence-corrected chi connectivity index (χ1v) is 7.78. The van der Waals surface area contributed by atoms with Gasteiger partial charge < -0.3 is 9.88 Å². The minimum Gasteiger partial charge on any atom is -0.354 e. The second kappa shape index (κ2) is 5.06. The highest BCUT2D eigenvalue weighted by molar-refractivity contribution is 5.83. The standard InChI is InChI=1S/C18H20N2O/c21-18(19-11-16-10-13-5-6-15(16)9-13)12-20-8-7-14-3-1-2-4-17(14)20/h1-8,13,15-16H,9-12H2,(H,19,21)/t13-,15-,16-/m0/s1. The van der Waals surface area contributed by atoms with Gasteiger partial charge >= 0.3 is 0 Å². The molecular formula is C18H20N2O. The molecule has 1 aromatic carbocycles. The Labute approximate surface area is 124 Å². The van der Waals surface area contributed by atoms with Crippen LogP contribution in [0.15, 0.2) is 48.7 Å². The number of para-hydroxylation sites is 1. The highest BCUT2D eigenvalue weighted by atomic mass is 16.1. The molecule has 0 aliphatic heterocycles. The van der Waals surface area contributed by atoms with E-state index in [1.807, 2.05) is 22.9 Å². The second-order valence-corrected chi connectivity index (χ2v) is 6.35. The van der Waals surface area contributed by atoms with Crippen LogP contribution in [0.25, 0.3) is 10.9 Å². The van der Waals surface area contributed by atoms with Crippen LogP contribution in [-0.4, -0.2) is 17.0 Å². The molecular weight excluding hydrogens is 260 g/mol. The summed E-state index contributed by atoms with van der Waals surface area (Å²) in [6, 6.07) is 10.2. The molecule has 2 bridgehead atoms. The van der Waals surface area contributed by atoms with Crippen molar-refractivity contribution >= 4 is 16.8 Å². The minimum atomic E-state index is 0.114. The van der Waals surface area contributed by atoms with Gasteiger partial charge in [0.05, 0.1) is 0 Å². The van der Waals surface area contributed by atoms with Crippen molar-refractivity contribution in [3.8, 4) is 0 Å². The molecule has 2 aliphatic rings. The highest BCUT2D eigenvalue weighted by Gasteiger charge is 2.35. The first-order valence-electron chi connectivity index (χ1n) is 7.78. The summed E-state index contributed by atoms with van der Waals surface area (Å²) in [4.78, 5) is 12.2. The van der Waals surface area contributed by atoms with Gasteiger partial charge in [0, 0.05) is 18.3 Å². The molecule has 1 aromatic heterocycles. The van der Waals surface area contributed by atoms with E-state index in [2.05, 4.69) is 35.7 Å². The Hall–Kier alpha value is -2.03. The van der Waals surface area contributed by atoms with Crippen LogP contribution in [0.4, 0.5) is 0 Å². The summed E-state index contributed by atoms with van der Waals surface area (Å²) in [5.41, 5.74) is 1.12. The van der Waals surface area contributed by atoms with Gasteiger partial charge in [-0.3, -0.25) is 4.79 Å². The van der Waals surface area contributed by atoms with Gasteiger partial charge in [-0.1, -0.05) is 30.4 Å². The monoisotopic (exact) mass is 280 g/mol. The van der Waals surface area contributed by atoms with Gasteiger partial charge in [0.2, 0.25) is 5.91 Å². The molecule has 0 spiro atoms. The van der Waals surface area contributed by atoms with Gasteiger partial charge in [0.1, 0.15) is 6.54 Å². The number of benzene rings is 1. The van der Waals surface area contributed by atoms with E-state index in [9.17, 15) is 4.79 Å². The number of aromatic nitrogens is 1. The van der Waals surface area contributed by atoms with Crippen LogP contribution in [0, 0.1) is 17.8 Å². The number of rotatable bonds is 4. The lowest BCUT2D eigenvalue weighted by atomic mass is 9.94. The van der Waals surface area contributed by atoms with Crippen molar-refractivity contribution in [1.29, 1.82) is 0 Å². The Kier molecular flexibility index (Phi) is 3.06. The van der Waals surface area contributed by atoms with Crippen molar-refractivity contribution in [2.24, 2.45) is 17.8 Å². The maximum Gasteiger partial charge on any atom is 0.239 e. The van der Waals surface area contributed by atoms with Crippen molar-refractivity contribution in [1.82, 2.24) is 9.88 Å². The zero-order valence-corrected chi connectivity index (χ0v) is 12.0. The maximum absolute atomic E-state index is 12.2. The van der Waals surface area contributed by atoms with Crippen LogP contribution in [0.5, 0.6) is 0 Å². The third-order valence-electron chi connectivity index (χ3n) is 4.97. The zero-order valence-electron chi connectivity index (χ0n) is 12.0. The van der Waals surface area contributed by atoms with Gasteiger partial charge in [-0.2, -0.15) is 0 Å². The predicted octanol–water partition coefficient (Wildman–Crippen LogP) is 2.97. The molecule has 1 saturated carbocycles. The lowest BCUT2D eigenvalue weighted by Gasteiger charge is -2.18. The molecule has 21 heavy (non-hydrogen) atoms. The molecule has 108 valence electrons. The quantitative estimate of drug-likeness (QED) is 0.858. The zero-order chi connectivity index (χ0) is 14.2. The number of nitrogens with zero attached hydrogens (tertiary/aromatic N) is 1. The minimum absolute atomic E-state index is 0.114. The van der Waals surface area contributed by atoms with Crippen LogP contribution in [0.2, 0.25) is 0 Å². The van der Waals surface area contributed by atoms with Crippen LogP contribution in [-0.2, 0) is 11.3 Å². The van der Waals surface area contributed by atoms with Gasteiger partial charge in [-0.25, -0.2) is 0 Å². The number of amides is 1. The van der Waals surface area contributed by atoms with E-state index >= 15 is 0 Å². The van der Waals surface area contributed by atoms with Crippen molar-refractivity contribution in [3.63, 3.8) is 0 Å². The van der Waals surface area contributed by atoms with Gasteiger partial charge in [-0.15, -0.1) is 0 Å². The topological polar surface area (TPSA) is 34.0 Å². The average molecular weight is 280 g/mol. The van der Waals surface area contributed by atoms with E-state index in [0.717, 1.165) is 18.0 Å². The molecule has 1 amide bonds. The predicted molar refractivity (Wildman–Crippen MR) is 83.8 cm³/mol. The summed E-state index contributed by atoms with van der Waals surface area (Å²) in [6.07, 6.45) is 9.21. The number of carbonyl (C=O) groups is 1. The number of nitrogens with one attached hydrogen (secondary N) is 1. The fraction of sp³-hybridized carbons (Fsp3) is 0.389. The van der Waals surface area contributed by atoms with Crippen LogP contribution < -0.4 is 5.32 Å². The Bertz CT molecular complexity index is 700. The van der Waals surface area contributed by atoms with Gasteiger partial charge in [-0.05, 0) is 48.1 Å². The van der Waals surface area contributed by atoms with E-state index in [-0.39, 0.29) is 5.91 Å². The molecule has 4 rings (SSSR count). The first-order chi connectivity index (χ1) is 10.3. The third-order valence-corrected chi connectivity index (χ3v) is 4.97. The number of fused-ring (bicyclic) bond motifs is 3. The van der Waals surface area contributed by atoms with E-state index in [0.29, 0.717) is 18.4 Å². The summed E-state index contributed by atoms with van der Waals surface area (Å²) >= 11 is 0. The fourth-order valence-electron chi connectivity index (χ4n) is 3.86. The average Bonchev–Trinajstić information content (AvgIpc) is 3.21. The number of allylic oxidation sites excluding steroid dienone is 2. The molecule has 2 aliphatic carbocycles. The van der Waals surface area contributed by atoms with Crippen LogP contribution >= 0.6 is 0 Å². The molecule has 1 heterocycles. The van der Waals surface area contributed by atoms with Crippen LogP contribution in [0.1, 0.15) is 12.8 Å². The van der Waals surface area contributed by atoms with Crippen molar-refractivity contribution in [3.05, 3.63) is 48.7 Å². The summed E-state index contributed by atoms with van der Waals surface area (Å²) in [5.74, 6) is 2.22. The molecule has 0 radical (unpaired) electrons. The Morgan fingerprint density at radius 3 is 2.90 bits per heavy atom.